The van der Waals surface area contributed by atoms with Crippen molar-refractivity contribution < 1.29 is 25.8 Å². The molecule has 0 N–H and O–H groups in total. The normalized spacial score (nSPS) is 12.6. The molecular weight excluding hydrogens is 861 g/mol. The molecule has 0 unspecified atom stereocenters. The Balaban J connectivity index is 0.00000410. The van der Waals surface area contributed by atoms with Gasteiger partial charge in [-0.1, -0.05) is 158 Å². The molecule has 56 heavy (non-hydrogen) atoms. The quantitative estimate of drug-likeness (QED) is 0.122. The van der Waals surface area contributed by atoms with E-state index in [0.717, 1.165) is 55.5 Å². The second-order valence-corrected chi connectivity index (χ2v) is 13.8. The van der Waals surface area contributed by atoms with Gasteiger partial charge in [0.2, 0.25) is 0 Å². The first-order chi connectivity index (χ1) is 27.3. The van der Waals surface area contributed by atoms with Gasteiger partial charge in [0.05, 0.1) is 11.4 Å². The van der Waals surface area contributed by atoms with Crippen LogP contribution < -0.4 is 26.6 Å². The van der Waals surface area contributed by atoms with Crippen LogP contribution in [0.1, 0.15) is 22.3 Å². The molecule has 0 fully saturated rings. The minimum Gasteiger partial charge on any atom is -0.509 e. The number of fused-ring (bicyclic) bond motifs is 6. The smallest absolute Gasteiger partial charge is 0.509 e. The molecule has 0 spiro atoms. The summed E-state index contributed by atoms with van der Waals surface area (Å²) in [5.41, 5.74) is 15.1. The molecule has 8 aromatic carbocycles. The standard InChI is InChI=1S/C50H32B2N2O.Pt/c1-3-17-35(18-4-1)49-45-29-9-7-25-41(45)43-27-11-13-31-47(43)51(53-49)37-21-15-23-39(33-37)55-40-24-16-22-38(34-40)52-48-32-14-12-28-44(48)42-26-8-10-30-46(42)50(54-52)36-19-5-2-6-20-36;/h1-32H;/q-2;+2. The molecule has 0 saturated heterocycles. The molecule has 264 valence electrons. The van der Waals surface area contributed by atoms with Crippen LogP contribution in [-0.4, -0.2) is 25.1 Å². The molecule has 0 saturated carbocycles. The Morgan fingerprint density at radius 3 is 1.12 bits per heavy atom. The Morgan fingerprint density at radius 1 is 0.339 bits per heavy atom. The predicted molar refractivity (Wildman–Crippen MR) is 229 cm³/mol. The van der Waals surface area contributed by atoms with Crippen molar-refractivity contribution in [3.63, 3.8) is 0 Å². The largest absolute Gasteiger partial charge is 2.00 e. The molecule has 0 aromatic heterocycles. The number of rotatable bonds is 6. The molecule has 6 heteroatoms. The fourth-order valence-corrected chi connectivity index (χ4v) is 7.96. The topological polar surface area (TPSA) is 34.0 Å². The van der Waals surface area contributed by atoms with E-state index >= 15 is 0 Å². The number of benzene rings is 8. The maximum atomic E-state index is 6.62. The van der Waals surface area contributed by atoms with Gasteiger partial charge >= 0.3 is 34.8 Å². The monoisotopic (exact) mass is 893 g/mol. The summed E-state index contributed by atoms with van der Waals surface area (Å²) >= 11 is 0. The van der Waals surface area contributed by atoms with Gasteiger partial charge < -0.3 is 14.5 Å². The second-order valence-electron chi connectivity index (χ2n) is 13.8. The van der Waals surface area contributed by atoms with Crippen LogP contribution in [0.2, 0.25) is 0 Å². The van der Waals surface area contributed by atoms with Crippen molar-refractivity contribution in [1.29, 1.82) is 0 Å². The van der Waals surface area contributed by atoms with Crippen molar-refractivity contribution in [3.05, 3.63) is 229 Å². The van der Waals surface area contributed by atoms with Crippen molar-refractivity contribution in [3.8, 4) is 33.8 Å². The van der Waals surface area contributed by atoms with Crippen molar-refractivity contribution in [2.75, 3.05) is 0 Å². The molecule has 0 aliphatic carbocycles. The van der Waals surface area contributed by atoms with Gasteiger partial charge in [-0.2, -0.15) is 35.2 Å². The van der Waals surface area contributed by atoms with E-state index in [0.29, 0.717) is 11.5 Å². The number of ether oxygens (including phenoxy) is 1. The van der Waals surface area contributed by atoms with E-state index in [1.165, 1.54) is 22.3 Å². The van der Waals surface area contributed by atoms with E-state index in [2.05, 4.69) is 170 Å². The summed E-state index contributed by atoms with van der Waals surface area (Å²) in [5, 5.41) is 0. The Bertz CT molecular complexity index is 2580. The maximum Gasteiger partial charge on any atom is 2.00 e. The van der Waals surface area contributed by atoms with E-state index in [1.54, 1.807) is 0 Å². The first-order valence-electron chi connectivity index (χ1n) is 18.6. The number of hydrogen-bond donors (Lipinski definition) is 0. The van der Waals surface area contributed by atoms with Crippen LogP contribution in [0.15, 0.2) is 204 Å². The summed E-state index contributed by atoms with van der Waals surface area (Å²) in [6.45, 7) is -0.597. The SMILES string of the molecule is [Pt+2].[c-]1c(Oc2[c-]c(B3N=C(c4ccccc4)c4ccccc4-c4ccccc43)ccc2)cccc1B1N=C(c2ccccc2)c2ccccc2-c2ccccc21. The molecule has 2 heterocycles. The van der Waals surface area contributed by atoms with Gasteiger partial charge in [-0.05, 0) is 44.3 Å². The number of hydrogen-bond acceptors (Lipinski definition) is 3. The van der Waals surface area contributed by atoms with Crippen molar-refractivity contribution in [2.24, 2.45) is 9.81 Å². The summed E-state index contributed by atoms with van der Waals surface area (Å²) in [7, 11) is 0. The Morgan fingerprint density at radius 2 is 0.696 bits per heavy atom. The third-order valence-corrected chi connectivity index (χ3v) is 10.5. The summed E-state index contributed by atoms with van der Waals surface area (Å²) in [6.07, 6.45) is 0. The average Bonchev–Trinajstić information content (AvgIpc) is 3.50. The third kappa shape index (κ3) is 6.59. The molecule has 3 nitrogen and oxygen atoms in total. The molecule has 10 rings (SSSR count). The van der Waals surface area contributed by atoms with E-state index in [1.807, 2.05) is 36.4 Å². The summed E-state index contributed by atoms with van der Waals surface area (Å²) < 4.78 is 6.62. The van der Waals surface area contributed by atoms with Crippen LogP contribution in [0.5, 0.6) is 11.5 Å². The van der Waals surface area contributed by atoms with Crippen LogP contribution >= 0.6 is 0 Å². The zero-order valence-corrected chi connectivity index (χ0v) is 32.5. The van der Waals surface area contributed by atoms with E-state index in [4.69, 9.17) is 14.5 Å². The zero-order valence-electron chi connectivity index (χ0n) is 30.2. The molecule has 0 radical (unpaired) electrons. The predicted octanol–water partition coefficient (Wildman–Crippen LogP) is 8.32. The van der Waals surface area contributed by atoms with Gasteiger partial charge in [-0.25, -0.2) is 0 Å². The Labute approximate surface area is 343 Å². The maximum absolute atomic E-state index is 6.62. The van der Waals surface area contributed by atoms with Gasteiger partial charge in [0.25, 0.3) is 0 Å². The minimum atomic E-state index is -0.299. The molecule has 0 amide bonds. The average molecular weight is 894 g/mol. The van der Waals surface area contributed by atoms with Crippen molar-refractivity contribution >= 4 is 47.0 Å². The van der Waals surface area contributed by atoms with Gasteiger partial charge in [-0.3, -0.25) is 0 Å². The zero-order chi connectivity index (χ0) is 36.6. The summed E-state index contributed by atoms with van der Waals surface area (Å²) in [5.74, 6) is 1.20. The van der Waals surface area contributed by atoms with E-state index < -0.39 is 0 Å². The Kier molecular flexibility index (Phi) is 9.78. The first-order valence-corrected chi connectivity index (χ1v) is 18.6. The van der Waals surface area contributed by atoms with Gasteiger partial charge in [0, 0.05) is 22.6 Å². The van der Waals surface area contributed by atoms with Crippen molar-refractivity contribution in [1.82, 2.24) is 0 Å². The Hall–Kier alpha value is -6.28. The molecule has 8 aromatic rings. The first kappa shape index (κ1) is 35.4. The van der Waals surface area contributed by atoms with Gasteiger partial charge in [-0.15, -0.1) is 24.3 Å². The van der Waals surface area contributed by atoms with Crippen LogP contribution in [-0.2, 0) is 21.1 Å². The molecule has 0 bridgehead atoms. The summed E-state index contributed by atoms with van der Waals surface area (Å²) in [6, 6.07) is 74.5. The van der Waals surface area contributed by atoms with E-state index in [9.17, 15) is 0 Å². The van der Waals surface area contributed by atoms with Crippen molar-refractivity contribution in [2.45, 2.75) is 0 Å². The van der Waals surface area contributed by atoms with Crippen LogP contribution in [0.4, 0.5) is 0 Å². The third-order valence-electron chi connectivity index (χ3n) is 10.5. The molecule has 0 atom stereocenters. The second kappa shape index (κ2) is 15.5. The summed E-state index contributed by atoms with van der Waals surface area (Å²) in [4.78, 5) is 11.0. The van der Waals surface area contributed by atoms with Gasteiger partial charge in [0.1, 0.15) is 0 Å². The van der Waals surface area contributed by atoms with Crippen LogP contribution in [0.25, 0.3) is 22.3 Å². The van der Waals surface area contributed by atoms with Gasteiger partial charge in [0.15, 0.2) is 0 Å². The molecule has 2 aliphatic rings. The fraction of sp³-hybridized carbons (Fsp3) is 0. The fourth-order valence-electron chi connectivity index (χ4n) is 7.96. The van der Waals surface area contributed by atoms with E-state index in [-0.39, 0.29) is 34.8 Å². The number of nitrogens with zero attached hydrogens (tertiary/aromatic N) is 2. The molecular formula is C50H32B2N2OPt. The van der Waals surface area contributed by atoms with Crippen LogP contribution in [0.3, 0.4) is 0 Å². The van der Waals surface area contributed by atoms with Crippen LogP contribution in [0, 0.1) is 12.1 Å². The minimum absolute atomic E-state index is 0. The molecule has 2 aliphatic heterocycles.